The fraction of sp³-hybridized carbons (Fsp3) is 0.250. The first kappa shape index (κ1) is 8.40. The molecule has 0 fully saturated rings. The summed E-state index contributed by atoms with van der Waals surface area (Å²) in [5.41, 5.74) is 6.20. The molecule has 0 spiro atoms. The van der Waals surface area contributed by atoms with Gasteiger partial charge in [0.15, 0.2) is 5.76 Å². The van der Waals surface area contributed by atoms with Gasteiger partial charge in [0.1, 0.15) is 5.69 Å². The molecule has 0 aliphatic rings. The van der Waals surface area contributed by atoms with Crippen LogP contribution in [0.15, 0.2) is 16.0 Å². The lowest BCUT2D eigenvalue weighted by molar-refractivity contribution is 0.508. The molecule has 0 aliphatic heterocycles. The van der Waals surface area contributed by atoms with Crippen LogP contribution in [0, 0.1) is 6.92 Å². The maximum atomic E-state index is 5.37. The normalized spacial score (nSPS) is 10.6. The van der Waals surface area contributed by atoms with E-state index in [1.54, 1.807) is 17.5 Å². The van der Waals surface area contributed by atoms with Crippen molar-refractivity contribution < 1.29 is 4.42 Å². The third kappa shape index (κ3) is 1.61. The van der Waals surface area contributed by atoms with E-state index in [4.69, 9.17) is 10.2 Å². The summed E-state index contributed by atoms with van der Waals surface area (Å²) in [6.07, 6.45) is 1.65. The van der Waals surface area contributed by atoms with Crippen LogP contribution in [0.25, 0.3) is 11.5 Å². The molecule has 0 saturated heterocycles. The second kappa shape index (κ2) is 3.27. The van der Waals surface area contributed by atoms with Crippen molar-refractivity contribution in [2.75, 3.05) is 0 Å². The van der Waals surface area contributed by atoms with Gasteiger partial charge in [-0.1, -0.05) is 0 Å². The summed E-state index contributed by atoms with van der Waals surface area (Å²) in [4.78, 5) is 8.27. The molecule has 4 nitrogen and oxygen atoms in total. The third-order valence-electron chi connectivity index (χ3n) is 1.60. The average molecular weight is 195 g/mol. The molecule has 5 heteroatoms. The van der Waals surface area contributed by atoms with Crippen LogP contribution in [0.4, 0.5) is 0 Å². The zero-order valence-electron chi connectivity index (χ0n) is 7.15. The fourth-order valence-corrected chi connectivity index (χ4v) is 1.60. The Morgan fingerprint density at radius 3 is 3.00 bits per heavy atom. The molecule has 0 aliphatic carbocycles. The number of oxazole rings is 1. The molecule has 0 aromatic carbocycles. The number of hydrogen-bond acceptors (Lipinski definition) is 5. The van der Waals surface area contributed by atoms with E-state index >= 15 is 0 Å². The van der Waals surface area contributed by atoms with Crippen molar-refractivity contribution in [3.8, 4) is 11.5 Å². The van der Waals surface area contributed by atoms with E-state index in [1.165, 1.54) is 0 Å². The molecular weight excluding hydrogens is 186 g/mol. The zero-order chi connectivity index (χ0) is 9.26. The van der Waals surface area contributed by atoms with Crippen LogP contribution < -0.4 is 5.73 Å². The van der Waals surface area contributed by atoms with Crippen LogP contribution in [-0.2, 0) is 6.54 Å². The molecule has 0 saturated carbocycles. The van der Waals surface area contributed by atoms with Gasteiger partial charge in [-0.25, -0.2) is 9.97 Å². The Labute approximate surface area is 79.4 Å². The maximum Gasteiger partial charge on any atom is 0.208 e. The van der Waals surface area contributed by atoms with Crippen LogP contribution in [0.2, 0.25) is 0 Å². The maximum absolute atomic E-state index is 5.37. The minimum absolute atomic E-state index is 0.323. The molecular formula is C8H9N3OS. The Bertz CT molecular complexity index is 407. The summed E-state index contributed by atoms with van der Waals surface area (Å²) < 4.78 is 5.34. The number of rotatable bonds is 2. The topological polar surface area (TPSA) is 64.9 Å². The van der Waals surface area contributed by atoms with Crippen molar-refractivity contribution >= 4 is 11.3 Å². The van der Waals surface area contributed by atoms with Crippen LogP contribution >= 0.6 is 11.3 Å². The summed E-state index contributed by atoms with van der Waals surface area (Å²) in [6.45, 7) is 2.28. The molecule has 13 heavy (non-hydrogen) atoms. The van der Waals surface area contributed by atoms with Crippen molar-refractivity contribution in [1.82, 2.24) is 9.97 Å². The van der Waals surface area contributed by atoms with Crippen LogP contribution in [0.5, 0.6) is 0 Å². The van der Waals surface area contributed by atoms with Gasteiger partial charge in [-0.3, -0.25) is 0 Å². The lowest BCUT2D eigenvalue weighted by Gasteiger charge is -1.87. The molecule has 0 bridgehead atoms. The van der Waals surface area contributed by atoms with Gasteiger partial charge >= 0.3 is 0 Å². The molecule has 2 aromatic heterocycles. The highest BCUT2D eigenvalue weighted by Gasteiger charge is 2.07. The number of nitrogens with zero attached hydrogens (tertiary/aromatic N) is 2. The van der Waals surface area contributed by atoms with E-state index < -0.39 is 0 Å². The summed E-state index contributed by atoms with van der Waals surface area (Å²) in [7, 11) is 0. The second-order valence-corrected chi connectivity index (χ2v) is 3.64. The SMILES string of the molecule is Cc1nc(-c2cnc(CN)o2)cs1. The molecule has 2 aromatic rings. The molecule has 2 rings (SSSR count). The predicted octanol–water partition coefficient (Wildman–Crippen LogP) is 1.57. The standard InChI is InChI=1S/C8H9N3OS/c1-5-11-6(4-13-5)7-3-10-8(2-9)12-7/h3-4H,2,9H2,1H3. The Hall–Kier alpha value is -1.20. The minimum Gasteiger partial charge on any atom is -0.438 e. The summed E-state index contributed by atoms with van der Waals surface area (Å²) in [6, 6.07) is 0. The second-order valence-electron chi connectivity index (χ2n) is 2.57. The first-order chi connectivity index (χ1) is 6.29. The lowest BCUT2D eigenvalue weighted by atomic mass is 10.4. The summed E-state index contributed by atoms with van der Waals surface area (Å²) in [5.74, 6) is 1.23. The number of aryl methyl sites for hydroxylation is 1. The van der Waals surface area contributed by atoms with Gasteiger partial charge in [0, 0.05) is 5.38 Å². The first-order valence-electron chi connectivity index (χ1n) is 3.87. The van der Waals surface area contributed by atoms with E-state index in [-0.39, 0.29) is 0 Å². The van der Waals surface area contributed by atoms with Gasteiger partial charge in [0.25, 0.3) is 0 Å². The highest BCUT2D eigenvalue weighted by atomic mass is 32.1. The molecule has 0 unspecified atom stereocenters. The van der Waals surface area contributed by atoms with E-state index in [9.17, 15) is 0 Å². The van der Waals surface area contributed by atoms with Crippen LogP contribution in [0.1, 0.15) is 10.9 Å². The molecule has 2 N–H and O–H groups in total. The van der Waals surface area contributed by atoms with Gasteiger partial charge in [-0.05, 0) is 6.92 Å². The van der Waals surface area contributed by atoms with Crippen LogP contribution in [-0.4, -0.2) is 9.97 Å². The molecule has 2 heterocycles. The summed E-state index contributed by atoms with van der Waals surface area (Å²) >= 11 is 1.59. The van der Waals surface area contributed by atoms with Gasteiger partial charge < -0.3 is 10.2 Å². The Kier molecular flexibility index (Phi) is 2.12. The first-order valence-corrected chi connectivity index (χ1v) is 4.75. The van der Waals surface area contributed by atoms with Crippen molar-refractivity contribution in [2.45, 2.75) is 13.5 Å². The smallest absolute Gasteiger partial charge is 0.208 e. The number of thiazole rings is 1. The number of nitrogens with two attached hydrogens (primary N) is 1. The van der Waals surface area contributed by atoms with Crippen LogP contribution in [0.3, 0.4) is 0 Å². The van der Waals surface area contributed by atoms with E-state index in [0.717, 1.165) is 10.7 Å². The predicted molar refractivity (Wildman–Crippen MR) is 50.2 cm³/mol. The minimum atomic E-state index is 0.323. The highest BCUT2D eigenvalue weighted by Crippen LogP contribution is 2.21. The van der Waals surface area contributed by atoms with Gasteiger partial charge in [0.05, 0.1) is 17.7 Å². The largest absolute Gasteiger partial charge is 0.438 e. The highest BCUT2D eigenvalue weighted by molar-refractivity contribution is 7.09. The Balaban J connectivity index is 2.35. The number of aromatic nitrogens is 2. The quantitative estimate of drug-likeness (QED) is 0.789. The Morgan fingerprint density at radius 2 is 2.46 bits per heavy atom. The van der Waals surface area contributed by atoms with Gasteiger partial charge in [0.2, 0.25) is 5.89 Å². The van der Waals surface area contributed by atoms with E-state index in [0.29, 0.717) is 18.2 Å². The Morgan fingerprint density at radius 1 is 1.62 bits per heavy atom. The van der Waals surface area contributed by atoms with Crippen molar-refractivity contribution in [3.05, 3.63) is 22.5 Å². The summed E-state index contributed by atoms with van der Waals surface area (Å²) in [5, 5.41) is 2.96. The lowest BCUT2D eigenvalue weighted by Crippen LogP contribution is -1.94. The molecule has 0 radical (unpaired) electrons. The van der Waals surface area contributed by atoms with E-state index in [2.05, 4.69) is 9.97 Å². The average Bonchev–Trinajstić information content (AvgIpc) is 2.71. The zero-order valence-corrected chi connectivity index (χ0v) is 7.97. The van der Waals surface area contributed by atoms with E-state index in [1.807, 2.05) is 12.3 Å². The third-order valence-corrected chi connectivity index (χ3v) is 2.37. The molecule has 68 valence electrons. The van der Waals surface area contributed by atoms with Crippen molar-refractivity contribution in [2.24, 2.45) is 5.73 Å². The van der Waals surface area contributed by atoms with Crippen molar-refractivity contribution in [1.29, 1.82) is 0 Å². The fourth-order valence-electron chi connectivity index (χ4n) is 1.000. The molecule has 0 amide bonds. The number of hydrogen-bond donors (Lipinski definition) is 1. The van der Waals surface area contributed by atoms with Crippen molar-refractivity contribution in [3.63, 3.8) is 0 Å². The monoisotopic (exact) mass is 195 g/mol. The van der Waals surface area contributed by atoms with Gasteiger partial charge in [-0.2, -0.15) is 0 Å². The van der Waals surface area contributed by atoms with Gasteiger partial charge in [-0.15, -0.1) is 11.3 Å². The molecule has 0 atom stereocenters.